The van der Waals surface area contributed by atoms with Crippen molar-refractivity contribution < 1.29 is 28.5 Å². The Hall–Kier alpha value is -2.09. The number of aldehydes is 1. The van der Waals surface area contributed by atoms with Crippen LogP contribution in [0.5, 0.6) is 0 Å². The predicted molar refractivity (Wildman–Crippen MR) is 105 cm³/mol. The van der Waals surface area contributed by atoms with Gasteiger partial charge < -0.3 is 23.7 Å². The van der Waals surface area contributed by atoms with E-state index >= 15 is 0 Å². The number of hydrogen-bond acceptors (Lipinski definition) is 6. The Kier molecular flexibility index (Phi) is 5.81. The van der Waals surface area contributed by atoms with E-state index < -0.39 is 29.9 Å². The summed E-state index contributed by atoms with van der Waals surface area (Å²) in [6.07, 6.45) is -1.09. The lowest BCUT2D eigenvalue weighted by atomic mass is 9.97. The van der Waals surface area contributed by atoms with Crippen LogP contribution in [-0.4, -0.2) is 42.8 Å². The molecule has 2 aromatic carbocycles. The second kappa shape index (κ2) is 8.34. The molecule has 0 N–H and O–H groups in total. The van der Waals surface area contributed by atoms with Crippen molar-refractivity contribution in [3.05, 3.63) is 71.8 Å². The Morgan fingerprint density at radius 2 is 1.52 bits per heavy atom. The molecular weight excluding hydrogens is 372 g/mol. The minimum Gasteiger partial charge on any atom is -0.373 e. The molecule has 154 valence electrons. The van der Waals surface area contributed by atoms with Crippen LogP contribution in [0, 0.1) is 0 Å². The Labute approximate surface area is 170 Å². The van der Waals surface area contributed by atoms with Crippen LogP contribution in [-0.2, 0) is 41.7 Å². The molecule has 2 aromatic rings. The second-order valence-electron chi connectivity index (χ2n) is 7.85. The van der Waals surface area contributed by atoms with Crippen LogP contribution in [0.15, 0.2) is 60.7 Å². The lowest BCUT2D eigenvalue weighted by Crippen LogP contribution is -2.51. The number of fused-ring (bicyclic) bond motifs is 1. The Bertz CT molecular complexity index is 809. The van der Waals surface area contributed by atoms with Gasteiger partial charge in [0, 0.05) is 0 Å². The molecule has 29 heavy (non-hydrogen) atoms. The van der Waals surface area contributed by atoms with E-state index in [1.165, 1.54) is 0 Å². The van der Waals surface area contributed by atoms with Gasteiger partial charge in [-0.15, -0.1) is 0 Å². The Morgan fingerprint density at radius 1 is 0.897 bits per heavy atom. The molecule has 0 aromatic heterocycles. The molecule has 0 amide bonds. The number of carbonyl (C=O) groups excluding carboxylic acids is 1. The molecule has 2 aliphatic heterocycles. The molecule has 2 heterocycles. The first-order valence-electron chi connectivity index (χ1n) is 9.78. The summed E-state index contributed by atoms with van der Waals surface area (Å²) in [7, 11) is 0. The third-order valence-electron chi connectivity index (χ3n) is 5.11. The predicted octanol–water partition coefficient (Wildman–Crippen LogP) is 3.23. The molecule has 0 spiro atoms. The monoisotopic (exact) mass is 398 g/mol. The average Bonchev–Trinajstić information content (AvgIpc) is 3.17. The van der Waals surface area contributed by atoms with Crippen molar-refractivity contribution in [1.29, 1.82) is 0 Å². The summed E-state index contributed by atoms with van der Waals surface area (Å²) in [6.45, 7) is 4.38. The molecule has 4 atom stereocenters. The van der Waals surface area contributed by atoms with Crippen LogP contribution in [0.4, 0.5) is 0 Å². The molecule has 1 unspecified atom stereocenters. The topological polar surface area (TPSA) is 63.2 Å². The van der Waals surface area contributed by atoms with Gasteiger partial charge in [-0.3, -0.25) is 4.79 Å². The smallest absolute Gasteiger partial charge is 0.191 e. The third-order valence-corrected chi connectivity index (χ3v) is 5.11. The van der Waals surface area contributed by atoms with Crippen LogP contribution in [0.25, 0.3) is 0 Å². The first-order chi connectivity index (χ1) is 14.0. The van der Waals surface area contributed by atoms with E-state index in [0.717, 1.165) is 17.4 Å². The van der Waals surface area contributed by atoms with Gasteiger partial charge in [0.15, 0.2) is 24.0 Å². The van der Waals surface area contributed by atoms with Crippen LogP contribution < -0.4 is 0 Å². The highest BCUT2D eigenvalue weighted by molar-refractivity contribution is 5.65. The van der Waals surface area contributed by atoms with E-state index in [2.05, 4.69) is 0 Å². The minimum absolute atomic E-state index is 0.0466. The zero-order valence-corrected chi connectivity index (χ0v) is 16.7. The summed E-state index contributed by atoms with van der Waals surface area (Å²) in [5.41, 5.74) is 0.719. The number of hydrogen-bond donors (Lipinski definition) is 0. The summed E-state index contributed by atoms with van der Waals surface area (Å²) in [5, 5.41) is 0. The minimum atomic E-state index is -1.30. The summed E-state index contributed by atoms with van der Waals surface area (Å²) in [5.74, 6) is -0.802. The van der Waals surface area contributed by atoms with E-state index in [4.69, 9.17) is 23.7 Å². The van der Waals surface area contributed by atoms with Crippen molar-refractivity contribution in [1.82, 2.24) is 0 Å². The quantitative estimate of drug-likeness (QED) is 0.636. The maximum absolute atomic E-state index is 12.2. The van der Waals surface area contributed by atoms with Crippen LogP contribution in [0.1, 0.15) is 25.0 Å². The van der Waals surface area contributed by atoms with Gasteiger partial charge in [0.25, 0.3) is 0 Å². The van der Waals surface area contributed by atoms with Gasteiger partial charge in [0.05, 0.1) is 19.8 Å². The van der Waals surface area contributed by atoms with Gasteiger partial charge in [0.2, 0.25) is 0 Å². The summed E-state index contributed by atoms with van der Waals surface area (Å²) < 4.78 is 29.9. The Morgan fingerprint density at radius 3 is 2.14 bits per heavy atom. The highest BCUT2D eigenvalue weighted by atomic mass is 16.8. The normalized spacial score (nSPS) is 30.2. The number of ether oxygens (including phenoxy) is 5. The van der Waals surface area contributed by atoms with Crippen molar-refractivity contribution in [2.75, 3.05) is 6.61 Å². The molecule has 2 saturated heterocycles. The van der Waals surface area contributed by atoms with Gasteiger partial charge in [-0.2, -0.15) is 0 Å². The maximum atomic E-state index is 12.2. The highest BCUT2D eigenvalue weighted by Crippen LogP contribution is 2.43. The highest BCUT2D eigenvalue weighted by Gasteiger charge is 2.63. The van der Waals surface area contributed by atoms with E-state index in [0.29, 0.717) is 13.2 Å². The van der Waals surface area contributed by atoms with Crippen molar-refractivity contribution in [3.8, 4) is 0 Å². The molecule has 2 aliphatic rings. The van der Waals surface area contributed by atoms with Crippen molar-refractivity contribution in [2.45, 2.75) is 56.9 Å². The van der Waals surface area contributed by atoms with Crippen molar-refractivity contribution in [2.24, 2.45) is 0 Å². The lowest BCUT2D eigenvalue weighted by Gasteiger charge is -2.32. The SMILES string of the molecule is CC1(C)OC2[C@H](O1)O[C@](C=O)(COCc1ccccc1)[C@@H]2OCc1ccccc1. The Balaban J connectivity index is 1.49. The van der Waals surface area contributed by atoms with E-state index in [-0.39, 0.29) is 6.61 Å². The molecule has 0 bridgehead atoms. The summed E-state index contributed by atoms with van der Waals surface area (Å²) in [4.78, 5) is 12.2. The fourth-order valence-electron chi connectivity index (χ4n) is 3.76. The van der Waals surface area contributed by atoms with Gasteiger partial charge in [-0.25, -0.2) is 0 Å². The van der Waals surface area contributed by atoms with Gasteiger partial charge in [-0.05, 0) is 25.0 Å². The molecule has 0 aliphatic carbocycles. The molecule has 2 fully saturated rings. The third kappa shape index (κ3) is 4.42. The van der Waals surface area contributed by atoms with Crippen molar-refractivity contribution in [3.63, 3.8) is 0 Å². The van der Waals surface area contributed by atoms with Crippen LogP contribution in [0.2, 0.25) is 0 Å². The number of benzene rings is 2. The van der Waals surface area contributed by atoms with Gasteiger partial charge in [-0.1, -0.05) is 60.7 Å². The zero-order chi connectivity index (χ0) is 20.3. The number of rotatable bonds is 8. The summed E-state index contributed by atoms with van der Waals surface area (Å²) >= 11 is 0. The van der Waals surface area contributed by atoms with Crippen molar-refractivity contribution >= 4 is 6.29 Å². The standard InChI is InChI=1S/C23H26O6/c1-22(2)27-19-20(26-14-18-11-7-4-8-12-18)23(15-24,29-21(19)28-22)16-25-13-17-9-5-3-6-10-17/h3-12,15,19-21H,13-14,16H2,1-2H3/t19?,20-,21-,23-/m1/s1. The largest absolute Gasteiger partial charge is 0.373 e. The van der Waals surface area contributed by atoms with E-state index in [9.17, 15) is 4.79 Å². The fraction of sp³-hybridized carbons (Fsp3) is 0.435. The van der Waals surface area contributed by atoms with E-state index in [1.54, 1.807) is 0 Å². The molecule has 6 heteroatoms. The molecular formula is C23H26O6. The van der Waals surface area contributed by atoms with Crippen LogP contribution >= 0.6 is 0 Å². The molecule has 0 radical (unpaired) electrons. The van der Waals surface area contributed by atoms with E-state index in [1.807, 2.05) is 74.5 Å². The fourth-order valence-corrected chi connectivity index (χ4v) is 3.76. The maximum Gasteiger partial charge on any atom is 0.191 e. The molecule has 0 saturated carbocycles. The number of carbonyl (C=O) groups is 1. The first-order valence-corrected chi connectivity index (χ1v) is 9.78. The van der Waals surface area contributed by atoms with Gasteiger partial charge in [0.1, 0.15) is 12.2 Å². The molecule has 4 rings (SSSR count). The molecule has 6 nitrogen and oxygen atoms in total. The average molecular weight is 398 g/mol. The lowest BCUT2D eigenvalue weighted by molar-refractivity contribution is -0.246. The summed E-state index contributed by atoms with van der Waals surface area (Å²) in [6, 6.07) is 19.5. The van der Waals surface area contributed by atoms with Crippen LogP contribution in [0.3, 0.4) is 0 Å². The second-order valence-corrected chi connectivity index (χ2v) is 7.85. The zero-order valence-electron chi connectivity index (χ0n) is 16.7. The first kappa shape index (κ1) is 20.2. The van der Waals surface area contributed by atoms with Gasteiger partial charge >= 0.3 is 0 Å².